The summed E-state index contributed by atoms with van der Waals surface area (Å²) in [5.74, 6) is 0. The Bertz CT molecular complexity index is 162. The van der Waals surface area contributed by atoms with Crippen LogP contribution in [-0.2, 0) is 0 Å². The summed E-state index contributed by atoms with van der Waals surface area (Å²) in [5.41, 5.74) is 0. The zero-order valence-corrected chi connectivity index (χ0v) is 11.0. The van der Waals surface area contributed by atoms with E-state index >= 15 is 0 Å². The highest BCUT2D eigenvalue weighted by molar-refractivity contribution is 7.78. The third-order valence-electron chi connectivity index (χ3n) is 2.69. The maximum absolute atomic E-state index is 4.51. The SMILES string of the molecule is CCCCCCCCCCCCN=C=S. The van der Waals surface area contributed by atoms with Crippen LogP contribution in [0.1, 0.15) is 71.1 Å². The first kappa shape index (κ1) is 14.8. The van der Waals surface area contributed by atoms with Gasteiger partial charge in [-0.2, -0.15) is 0 Å². The monoisotopic (exact) mass is 227 g/mol. The van der Waals surface area contributed by atoms with Crippen LogP contribution >= 0.6 is 12.2 Å². The van der Waals surface area contributed by atoms with Gasteiger partial charge in [0.25, 0.3) is 0 Å². The molecule has 0 rings (SSSR count). The Morgan fingerprint density at radius 1 is 0.800 bits per heavy atom. The lowest BCUT2D eigenvalue weighted by molar-refractivity contribution is 0.558. The summed E-state index contributed by atoms with van der Waals surface area (Å²) in [7, 11) is 0. The molecule has 15 heavy (non-hydrogen) atoms. The van der Waals surface area contributed by atoms with Gasteiger partial charge >= 0.3 is 0 Å². The Labute approximate surface area is 100 Å². The van der Waals surface area contributed by atoms with Crippen molar-refractivity contribution in [3.05, 3.63) is 0 Å². The van der Waals surface area contributed by atoms with Crippen LogP contribution < -0.4 is 0 Å². The van der Waals surface area contributed by atoms with E-state index in [2.05, 4.69) is 29.3 Å². The fraction of sp³-hybridized carbons (Fsp3) is 0.923. The number of nitrogens with zero attached hydrogens (tertiary/aromatic N) is 1. The van der Waals surface area contributed by atoms with Crippen molar-refractivity contribution in [3.63, 3.8) is 0 Å². The second-order valence-corrected chi connectivity index (χ2v) is 4.34. The minimum Gasteiger partial charge on any atom is -0.233 e. The van der Waals surface area contributed by atoms with Gasteiger partial charge < -0.3 is 0 Å². The van der Waals surface area contributed by atoms with Crippen LogP contribution in [0.5, 0.6) is 0 Å². The second kappa shape index (κ2) is 13.8. The van der Waals surface area contributed by atoms with Gasteiger partial charge in [-0.05, 0) is 18.6 Å². The number of thiocarbonyl (C=S) groups is 1. The summed E-state index contributed by atoms with van der Waals surface area (Å²) in [4.78, 5) is 3.90. The molecule has 0 fully saturated rings. The first-order valence-corrected chi connectivity index (χ1v) is 6.86. The molecule has 1 nitrogen and oxygen atoms in total. The summed E-state index contributed by atoms with van der Waals surface area (Å²) in [6, 6.07) is 0. The molecule has 0 aliphatic carbocycles. The normalized spacial score (nSPS) is 9.93. The Morgan fingerprint density at radius 2 is 1.27 bits per heavy atom. The molecule has 0 bridgehead atoms. The van der Waals surface area contributed by atoms with Gasteiger partial charge in [-0.1, -0.05) is 64.7 Å². The van der Waals surface area contributed by atoms with E-state index in [1.807, 2.05) is 0 Å². The van der Waals surface area contributed by atoms with Crippen molar-refractivity contribution in [1.82, 2.24) is 0 Å². The maximum atomic E-state index is 4.51. The summed E-state index contributed by atoms with van der Waals surface area (Å²) in [6.45, 7) is 3.14. The van der Waals surface area contributed by atoms with E-state index in [-0.39, 0.29) is 0 Å². The highest BCUT2D eigenvalue weighted by atomic mass is 32.1. The molecule has 0 saturated carbocycles. The van der Waals surface area contributed by atoms with Crippen LogP contribution in [0.3, 0.4) is 0 Å². The molecule has 88 valence electrons. The van der Waals surface area contributed by atoms with Crippen molar-refractivity contribution in [1.29, 1.82) is 0 Å². The van der Waals surface area contributed by atoms with Gasteiger partial charge in [-0.3, -0.25) is 0 Å². The first-order chi connectivity index (χ1) is 7.41. The Balaban J connectivity index is 2.89. The number of aliphatic imine (C=N–C) groups is 1. The highest BCUT2D eigenvalue weighted by Crippen LogP contribution is 2.10. The summed E-state index contributed by atoms with van der Waals surface area (Å²) in [6.07, 6.45) is 13.7. The van der Waals surface area contributed by atoms with Crippen LogP contribution in [0.2, 0.25) is 0 Å². The molecule has 0 amide bonds. The van der Waals surface area contributed by atoms with Crippen molar-refractivity contribution < 1.29 is 0 Å². The zero-order valence-electron chi connectivity index (χ0n) is 10.1. The minimum atomic E-state index is 0.875. The molecule has 0 heterocycles. The maximum Gasteiger partial charge on any atom is 0.0584 e. The van der Waals surface area contributed by atoms with E-state index in [9.17, 15) is 0 Å². The van der Waals surface area contributed by atoms with Gasteiger partial charge in [-0.25, -0.2) is 4.99 Å². The number of unbranched alkanes of at least 4 members (excludes halogenated alkanes) is 9. The van der Waals surface area contributed by atoms with Crippen molar-refractivity contribution >= 4 is 17.4 Å². The van der Waals surface area contributed by atoms with Gasteiger partial charge in [0.2, 0.25) is 0 Å². The summed E-state index contributed by atoms with van der Waals surface area (Å²) >= 11 is 4.51. The molecule has 2 heteroatoms. The van der Waals surface area contributed by atoms with Crippen LogP contribution in [0, 0.1) is 0 Å². The van der Waals surface area contributed by atoms with E-state index in [0.717, 1.165) is 6.54 Å². The number of hydrogen-bond donors (Lipinski definition) is 0. The van der Waals surface area contributed by atoms with Gasteiger partial charge in [-0.15, -0.1) is 0 Å². The van der Waals surface area contributed by atoms with E-state index in [0.29, 0.717) is 0 Å². The first-order valence-electron chi connectivity index (χ1n) is 6.45. The zero-order chi connectivity index (χ0) is 11.2. The molecule has 0 spiro atoms. The highest BCUT2D eigenvalue weighted by Gasteiger charge is 1.91. The van der Waals surface area contributed by atoms with Gasteiger partial charge in [0.05, 0.1) is 5.16 Å². The van der Waals surface area contributed by atoms with Crippen molar-refractivity contribution in [3.8, 4) is 0 Å². The molecule has 0 unspecified atom stereocenters. The fourth-order valence-electron chi connectivity index (χ4n) is 1.72. The number of rotatable bonds is 11. The van der Waals surface area contributed by atoms with Gasteiger partial charge in [0, 0.05) is 6.54 Å². The second-order valence-electron chi connectivity index (χ2n) is 4.15. The standard InChI is InChI=1S/C13H25NS/c1-2-3-4-5-6-7-8-9-10-11-12-14-13-15/h2-12H2,1H3. The number of isothiocyanates is 1. The Hall–Kier alpha value is -0.200. The molecule has 0 N–H and O–H groups in total. The van der Waals surface area contributed by atoms with E-state index in [1.54, 1.807) is 0 Å². The molecular weight excluding hydrogens is 202 g/mol. The summed E-state index contributed by atoms with van der Waals surface area (Å²) < 4.78 is 0. The molecule has 0 aliphatic heterocycles. The van der Waals surface area contributed by atoms with E-state index in [4.69, 9.17) is 0 Å². The van der Waals surface area contributed by atoms with Crippen LogP contribution in [0.25, 0.3) is 0 Å². The predicted molar refractivity (Wildman–Crippen MR) is 71.7 cm³/mol. The lowest BCUT2D eigenvalue weighted by atomic mass is 10.1. The average Bonchev–Trinajstić information content (AvgIpc) is 2.26. The minimum absolute atomic E-state index is 0.875. The summed E-state index contributed by atoms with van der Waals surface area (Å²) in [5, 5.41) is 2.41. The van der Waals surface area contributed by atoms with E-state index in [1.165, 1.54) is 64.2 Å². The third kappa shape index (κ3) is 13.8. The predicted octanol–water partition coefficient (Wildman–Crippen LogP) is 5.01. The molecule has 0 aromatic heterocycles. The van der Waals surface area contributed by atoms with Gasteiger partial charge in [0.1, 0.15) is 0 Å². The quantitative estimate of drug-likeness (QED) is 0.274. The van der Waals surface area contributed by atoms with Crippen LogP contribution in [-0.4, -0.2) is 11.7 Å². The largest absolute Gasteiger partial charge is 0.233 e. The third-order valence-corrected chi connectivity index (χ3v) is 2.82. The van der Waals surface area contributed by atoms with Crippen LogP contribution in [0.4, 0.5) is 0 Å². The topological polar surface area (TPSA) is 12.4 Å². The Morgan fingerprint density at radius 3 is 1.73 bits per heavy atom. The smallest absolute Gasteiger partial charge is 0.0584 e. The molecule has 0 radical (unpaired) electrons. The Kier molecular flexibility index (Phi) is 13.6. The van der Waals surface area contributed by atoms with Gasteiger partial charge in [0.15, 0.2) is 0 Å². The molecule has 0 aromatic rings. The average molecular weight is 227 g/mol. The fourth-order valence-corrected chi connectivity index (χ4v) is 1.82. The molecular formula is C13H25NS. The molecule has 0 atom stereocenters. The van der Waals surface area contributed by atoms with E-state index < -0.39 is 0 Å². The van der Waals surface area contributed by atoms with Crippen molar-refractivity contribution in [2.24, 2.45) is 4.99 Å². The lowest BCUT2D eigenvalue weighted by Gasteiger charge is -2.00. The van der Waals surface area contributed by atoms with Crippen molar-refractivity contribution in [2.45, 2.75) is 71.1 Å². The lowest BCUT2D eigenvalue weighted by Crippen LogP contribution is -1.83. The number of hydrogen-bond acceptors (Lipinski definition) is 2. The van der Waals surface area contributed by atoms with Crippen molar-refractivity contribution in [2.75, 3.05) is 6.54 Å². The van der Waals surface area contributed by atoms with Crippen LogP contribution in [0.15, 0.2) is 4.99 Å². The molecule has 0 aromatic carbocycles. The molecule has 0 aliphatic rings. The molecule has 0 saturated heterocycles.